The Balaban J connectivity index is 1.32. The lowest BCUT2D eigenvalue weighted by Crippen LogP contribution is -2.45. The van der Waals surface area contributed by atoms with Gasteiger partial charge in [-0.15, -0.1) is 0 Å². The largest absolute Gasteiger partial charge is 0.497 e. The fourth-order valence-electron chi connectivity index (χ4n) is 3.72. The topological polar surface area (TPSA) is 28.6 Å². The molecule has 0 aliphatic carbocycles. The van der Waals surface area contributed by atoms with Crippen LogP contribution >= 0.6 is 0 Å². The zero-order valence-corrected chi connectivity index (χ0v) is 16.4. The first-order valence-corrected chi connectivity index (χ1v) is 9.90. The molecule has 144 valence electrons. The number of benzene rings is 2. The van der Waals surface area contributed by atoms with Crippen molar-refractivity contribution < 1.29 is 4.74 Å². The second-order valence-corrected chi connectivity index (χ2v) is 7.24. The van der Waals surface area contributed by atoms with Gasteiger partial charge in [-0.1, -0.05) is 42.5 Å². The van der Waals surface area contributed by atoms with Crippen molar-refractivity contribution in [3.05, 3.63) is 78.0 Å². The van der Waals surface area contributed by atoms with E-state index in [1.54, 1.807) is 7.11 Å². The average molecular weight is 374 g/mol. The maximum absolute atomic E-state index is 5.32. The molecule has 0 bridgehead atoms. The third kappa shape index (κ3) is 4.58. The van der Waals surface area contributed by atoms with Crippen LogP contribution in [0.5, 0.6) is 5.75 Å². The van der Waals surface area contributed by atoms with Crippen LogP contribution in [0.15, 0.2) is 66.9 Å². The van der Waals surface area contributed by atoms with E-state index in [9.17, 15) is 0 Å². The Kier molecular flexibility index (Phi) is 6.00. The highest BCUT2D eigenvalue weighted by Gasteiger charge is 2.17. The lowest BCUT2D eigenvalue weighted by atomic mass is 10.1. The van der Waals surface area contributed by atoms with Gasteiger partial charge in [0.25, 0.3) is 0 Å². The molecule has 0 radical (unpaired) electrons. The highest BCUT2D eigenvalue weighted by atomic mass is 16.5. The number of methoxy groups -OCH3 is 1. The van der Waals surface area contributed by atoms with Crippen LogP contribution in [0.4, 0.5) is 0 Å². The molecule has 28 heavy (non-hydrogen) atoms. The Bertz CT molecular complexity index is 931. The summed E-state index contributed by atoms with van der Waals surface area (Å²) in [5, 5.41) is 1.22. The van der Waals surface area contributed by atoms with E-state index in [0.717, 1.165) is 50.5 Å². The quantitative estimate of drug-likeness (QED) is 0.651. The summed E-state index contributed by atoms with van der Waals surface area (Å²) in [7, 11) is 1.69. The molecule has 3 aromatic rings. The minimum Gasteiger partial charge on any atom is -0.497 e. The predicted molar refractivity (Wildman–Crippen MR) is 115 cm³/mol. The van der Waals surface area contributed by atoms with Gasteiger partial charge in [-0.2, -0.15) is 0 Å². The number of nitrogens with zero attached hydrogens (tertiary/aromatic N) is 3. The molecule has 1 aromatic heterocycles. The van der Waals surface area contributed by atoms with Gasteiger partial charge in [0.05, 0.1) is 12.6 Å². The number of ether oxygens (including phenoxy) is 1. The van der Waals surface area contributed by atoms with Crippen molar-refractivity contribution >= 4 is 17.0 Å². The molecule has 4 rings (SSSR count). The van der Waals surface area contributed by atoms with E-state index in [1.165, 1.54) is 16.5 Å². The normalized spacial score (nSPS) is 16.0. The van der Waals surface area contributed by atoms with E-state index in [1.807, 2.05) is 18.3 Å². The molecular weight excluding hydrogens is 346 g/mol. The van der Waals surface area contributed by atoms with E-state index in [4.69, 9.17) is 4.74 Å². The minimum atomic E-state index is 0.856. The molecule has 0 unspecified atom stereocenters. The van der Waals surface area contributed by atoms with Crippen molar-refractivity contribution in [2.75, 3.05) is 39.8 Å². The van der Waals surface area contributed by atoms with Crippen molar-refractivity contribution in [2.45, 2.75) is 6.54 Å². The van der Waals surface area contributed by atoms with Gasteiger partial charge < -0.3 is 4.74 Å². The highest BCUT2D eigenvalue weighted by Crippen LogP contribution is 2.23. The summed E-state index contributed by atoms with van der Waals surface area (Å²) in [5.74, 6) is 0.856. The second kappa shape index (κ2) is 9.00. The molecule has 2 heterocycles. The van der Waals surface area contributed by atoms with Crippen LogP contribution in [0, 0.1) is 0 Å². The highest BCUT2D eigenvalue weighted by molar-refractivity contribution is 5.83. The van der Waals surface area contributed by atoms with Crippen LogP contribution in [0.1, 0.15) is 11.1 Å². The molecule has 1 aliphatic heterocycles. The molecule has 4 heteroatoms. The molecular formula is C24H27N3O. The predicted octanol–water partition coefficient (Wildman–Crippen LogP) is 4.07. The Morgan fingerprint density at radius 3 is 2.54 bits per heavy atom. The molecule has 1 saturated heterocycles. The number of hydrogen-bond acceptors (Lipinski definition) is 4. The molecule has 1 aliphatic rings. The maximum atomic E-state index is 5.32. The van der Waals surface area contributed by atoms with Crippen molar-refractivity contribution in [1.82, 2.24) is 14.8 Å². The lowest BCUT2D eigenvalue weighted by Gasteiger charge is -2.34. The zero-order valence-electron chi connectivity index (χ0n) is 16.4. The maximum Gasteiger partial charge on any atom is 0.121 e. The zero-order chi connectivity index (χ0) is 19.2. The van der Waals surface area contributed by atoms with E-state index in [0.29, 0.717) is 0 Å². The van der Waals surface area contributed by atoms with Gasteiger partial charge in [0.15, 0.2) is 0 Å². The summed E-state index contributed by atoms with van der Waals surface area (Å²) < 4.78 is 5.32. The first-order chi connectivity index (χ1) is 13.8. The third-order valence-electron chi connectivity index (χ3n) is 5.37. The molecule has 4 nitrogen and oxygen atoms in total. The Morgan fingerprint density at radius 1 is 0.964 bits per heavy atom. The number of pyridine rings is 1. The standard InChI is InChI=1S/C24H27N3O/c1-28-22-9-10-23-21(11-12-25-24(23)18-22)19-27-16-14-26(15-17-27)13-5-8-20-6-3-2-4-7-20/h2-12,18H,13-17,19H2,1H3. The summed E-state index contributed by atoms with van der Waals surface area (Å²) in [5.41, 5.74) is 3.61. The average Bonchev–Trinajstić information content (AvgIpc) is 2.75. The summed E-state index contributed by atoms with van der Waals surface area (Å²) in [6.07, 6.45) is 6.39. The van der Waals surface area contributed by atoms with Crippen molar-refractivity contribution in [3.63, 3.8) is 0 Å². The smallest absolute Gasteiger partial charge is 0.121 e. The van der Waals surface area contributed by atoms with E-state index in [2.05, 4.69) is 69.4 Å². The lowest BCUT2D eigenvalue weighted by molar-refractivity contribution is 0.137. The van der Waals surface area contributed by atoms with Gasteiger partial charge in [-0.25, -0.2) is 0 Å². The summed E-state index contributed by atoms with van der Waals surface area (Å²) in [6, 6.07) is 18.8. The minimum absolute atomic E-state index is 0.856. The number of piperazine rings is 1. The summed E-state index contributed by atoms with van der Waals surface area (Å²) in [6.45, 7) is 6.39. The molecule has 0 amide bonds. The SMILES string of the molecule is COc1ccc2c(CN3CCN(CC=Cc4ccccc4)CC3)ccnc2c1. The van der Waals surface area contributed by atoms with Crippen LogP contribution in [-0.4, -0.2) is 54.6 Å². The van der Waals surface area contributed by atoms with Crippen LogP contribution < -0.4 is 4.74 Å². The van der Waals surface area contributed by atoms with Crippen LogP contribution in [-0.2, 0) is 6.54 Å². The molecule has 0 atom stereocenters. The molecule has 2 aromatic carbocycles. The summed E-state index contributed by atoms with van der Waals surface area (Å²) >= 11 is 0. The van der Waals surface area contributed by atoms with Crippen LogP contribution in [0.2, 0.25) is 0 Å². The molecule has 1 fully saturated rings. The Hall–Kier alpha value is -2.69. The van der Waals surface area contributed by atoms with Crippen LogP contribution in [0.3, 0.4) is 0 Å². The summed E-state index contributed by atoms with van der Waals surface area (Å²) in [4.78, 5) is 9.56. The first-order valence-electron chi connectivity index (χ1n) is 9.90. The van der Waals surface area contributed by atoms with Crippen LogP contribution in [0.25, 0.3) is 17.0 Å². The molecule has 0 spiro atoms. The van der Waals surface area contributed by atoms with Gasteiger partial charge in [-0.3, -0.25) is 14.8 Å². The Labute approximate surface area is 167 Å². The van der Waals surface area contributed by atoms with Gasteiger partial charge in [-0.05, 0) is 29.3 Å². The second-order valence-electron chi connectivity index (χ2n) is 7.24. The van der Waals surface area contributed by atoms with Gasteiger partial charge in [0, 0.05) is 56.9 Å². The van der Waals surface area contributed by atoms with E-state index < -0.39 is 0 Å². The molecule has 0 saturated carbocycles. The first kappa shape index (κ1) is 18.7. The number of rotatable bonds is 6. The van der Waals surface area contributed by atoms with Crippen molar-refractivity contribution in [3.8, 4) is 5.75 Å². The Morgan fingerprint density at radius 2 is 1.75 bits per heavy atom. The monoisotopic (exact) mass is 373 g/mol. The van der Waals surface area contributed by atoms with Crippen molar-refractivity contribution in [1.29, 1.82) is 0 Å². The fraction of sp³-hybridized carbons (Fsp3) is 0.292. The third-order valence-corrected chi connectivity index (χ3v) is 5.37. The van der Waals surface area contributed by atoms with Gasteiger partial charge >= 0.3 is 0 Å². The van der Waals surface area contributed by atoms with Crippen molar-refractivity contribution in [2.24, 2.45) is 0 Å². The van der Waals surface area contributed by atoms with E-state index in [-0.39, 0.29) is 0 Å². The molecule has 0 N–H and O–H groups in total. The number of fused-ring (bicyclic) bond motifs is 1. The number of hydrogen-bond donors (Lipinski definition) is 0. The fourth-order valence-corrected chi connectivity index (χ4v) is 3.72. The van der Waals surface area contributed by atoms with E-state index >= 15 is 0 Å². The van der Waals surface area contributed by atoms with Gasteiger partial charge in [0.2, 0.25) is 0 Å². The van der Waals surface area contributed by atoms with Gasteiger partial charge in [0.1, 0.15) is 5.75 Å². The number of aromatic nitrogens is 1.